The van der Waals surface area contributed by atoms with Crippen LogP contribution in [0.25, 0.3) is 20.4 Å². The molecule has 0 radical (unpaired) electrons. The summed E-state index contributed by atoms with van der Waals surface area (Å²) in [6, 6.07) is 14.4. The van der Waals surface area contributed by atoms with E-state index in [2.05, 4.69) is 75.3 Å². The molecule has 2 saturated heterocycles. The molecular weight excluding hydrogens is 458 g/mol. The smallest absolute Gasteiger partial charge is 0.0815 e. The lowest BCUT2D eigenvalue weighted by Crippen LogP contribution is -2.44. The van der Waals surface area contributed by atoms with E-state index in [0.29, 0.717) is 12.1 Å². The van der Waals surface area contributed by atoms with Crippen LogP contribution < -0.4 is 5.32 Å². The number of piperidine rings is 1. The van der Waals surface area contributed by atoms with E-state index in [0.717, 1.165) is 37.2 Å². The topological polar surface area (TPSA) is 44.3 Å². The van der Waals surface area contributed by atoms with E-state index < -0.39 is 0 Å². The quantitative estimate of drug-likeness (QED) is 0.372. The number of piperazine rings is 1. The monoisotopic (exact) mass is 493 g/mol. The van der Waals surface area contributed by atoms with E-state index in [9.17, 15) is 0 Å². The van der Waals surface area contributed by atoms with Gasteiger partial charge in [0, 0.05) is 38.3 Å². The van der Waals surface area contributed by atoms with E-state index in [1.54, 1.807) is 22.7 Å². The summed E-state index contributed by atoms with van der Waals surface area (Å²) in [6.07, 6.45) is 4.10. The van der Waals surface area contributed by atoms with Gasteiger partial charge in [-0.25, -0.2) is 9.97 Å². The number of rotatable bonds is 4. The predicted octanol–water partition coefficient (Wildman–Crippen LogP) is 6.11. The van der Waals surface area contributed by atoms with Crippen molar-refractivity contribution in [3.63, 3.8) is 0 Å². The van der Waals surface area contributed by atoms with Crippen LogP contribution in [0.4, 0.5) is 0 Å². The molecule has 4 heterocycles. The van der Waals surface area contributed by atoms with Gasteiger partial charge >= 0.3 is 0 Å². The minimum Gasteiger partial charge on any atom is -0.314 e. The van der Waals surface area contributed by atoms with Gasteiger partial charge < -0.3 is 5.32 Å². The summed E-state index contributed by atoms with van der Waals surface area (Å²) >= 11 is 3.43. The summed E-state index contributed by atoms with van der Waals surface area (Å²) in [4.78, 5) is 13.9. The van der Waals surface area contributed by atoms with Crippen molar-refractivity contribution in [1.82, 2.24) is 25.1 Å². The Labute approximate surface area is 210 Å². The van der Waals surface area contributed by atoms with Crippen LogP contribution in [0, 0.1) is 0 Å². The van der Waals surface area contributed by atoms with Crippen LogP contribution in [0.3, 0.4) is 0 Å². The molecule has 2 aromatic carbocycles. The lowest BCUT2D eigenvalue weighted by Gasteiger charge is -2.33. The molecule has 5 nitrogen and oxygen atoms in total. The van der Waals surface area contributed by atoms with Crippen LogP contribution in [-0.2, 0) is 0 Å². The van der Waals surface area contributed by atoms with Crippen molar-refractivity contribution >= 4 is 43.1 Å². The molecule has 0 amide bonds. The summed E-state index contributed by atoms with van der Waals surface area (Å²) in [5.41, 5.74) is 8.92. The molecule has 0 bridgehead atoms. The molecular formula is C27H35N5S2. The molecule has 2 aliphatic heterocycles. The lowest BCUT2D eigenvalue weighted by atomic mass is 10.0. The Morgan fingerprint density at radius 3 is 1.74 bits per heavy atom. The van der Waals surface area contributed by atoms with Crippen LogP contribution in [-0.4, -0.2) is 59.0 Å². The predicted molar refractivity (Wildman–Crippen MR) is 146 cm³/mol. The molecule has 2 aliphatic rings. The van der Waals surface area contributed by atoms with Crippen molar-refractivity contribution in [2.45, 2.75) is 45.2 Å². The number of hydrogen-bond acceptors (Lipinski definition) is 7. The van der Waals surface area contributed by atoms with Gasteiger partial charge in [0.25, 0.3) is 0 Å². The van der Waals surface area contributed by atoms with Gasteiger partial charge in [-0.2, -0.15) is 0 Å². The molecule has 2 aromatic heterocycles. The molecule has 180 valence electrons. The van der Waals surface area contributed by atoms with E-state index in [1.807, 2.05) is 11.0 Å². The van der Waals surface area contributed by atoms with Gasteiger partial charge in [-0.15, -0.1) is 22.7 Å². The molecule has 34 heavy (non-hydrogen) atoms. The van der Waals surface area contributed by atoms with Gasteiger partial charge in [-0.05, 0) is 75.2 Å². The molecule has 1 N–H and O–H groups in total. The summed E-state index contributed by atoms with van der Waals surface area (Å²) in [7, 11) is 0. The molecule has 0 aliphatic carbocycles. The highest BCUT2D eigenvalue weighted by Gasteiger charge is 2.19. The van der Waals surface area contributed by atoms with E-state index in [1.165, 1.54) is 52.9 Å². The third-order valence-corrected chi connectivity index (χ3v) is 8.93. The maximum absolute atomic E-state index is 4.41. The number of nitrogens with one attached hydrogen (secondary N) is 1. The fraction of sp³-hybridized carbons (Fsp3) is 0.481. The van der Waals surface area contributed by atoms with Crippen LogP contribution in [0.15, 0.2) is 47.4 Å². The van der Waals surface area contributed by atoms with Crippen molar-refractivity contribution in [3.05, 3.63) is 58.5 Å². The number of benzene rings is 2. The Bertz CT molecular complexity index is 1100. The molecule has 2 atom stereocenters. The van der Waals surface area contributed by atoms with Gasteiger partial charge in [0.2, 0.25) is 0 Å². The van der Waals surface area contributed by atoms with Gasteiger partial charge in [-0.1, -0.05) is 18.6 Å². The van der Waals surface area contributed by atoms with Gasteiger partial charge in [0.05, 0.1) is 31.5 Å². The Kier molecular flexibility index (Phi) is 7.87. The second-order valence-corrected chi connectivity index (χ2v) is 11.2. The molecule has 7 heteroatoms. The maximum Gasteiger partial charge on any atom is 0.0815 e. The van der Waals surface area contributed by atoms with Gasteiger partial charge in [-0.3, -0.25) is 9.80 Å². The number of nitrogens with zero attached hydrogens (tertiary/aromatic N) is 4. The molecule has 2 fully saturated rings. The molecule has 0 unspecified atom stereocenters. The first-order chi connectivity index (χ1) is 16.7. The van der Waals surface area contributed by atoms with Crippen LogP contribution >= 0.6 is 22.7 Å². The average molecular weight is 494 g/mol. The number of hydrogen-bond donors (Lipinski definition) is 1. The van der Waals surface area contributed by atoms with Crippen molar-refractivity contribution in [2.24, 2.45) is 0 Å². The zero-order valence-corrected chi connectivity index (χ0v) is 21.9. The number of fused-ring (bicyclic) bond motifs is 2. The molecule has 0 saturated carbocycles. The van der Waals surface area contributed by atoms with E-state index in [-0.39, 0.29) is 0 Å². The Balaban J connectivity index is 0.000000142. The summed E-state index contributed by atoms with van der Waals surface area (Å²) < 4.78 is 2.57. The van der Waals surface area contributed by atoms with Crippen LogP contribution in [0.2, 0.25) is 0 Å². The van der Waals surface area contributed by atoms with Crippen molar-refractivity contribution in [3.8, 4) is 0 Å². The highest BCUT2D eigenvalue weighted by atomic mass is 32.1. The van der Waals surface area contributed by atoms with Gasteiger partial charge in [0.15, 0.2) is 0 Å². The normalized spacial score (nSPS) is 19.6. The summed E-state index contributed by atoms with van der Waals surface area (Å²) in [5, 5.41) is 3.39. The molecule has 6 rings (SSSR count). The highest BCUT2D eigenvalue weighted by molar-refractivity contribution is 7.17. The first-order valence-electron chi connectivity index (χ1n) is 12.5. The van der Waals surface area contributed by atoms with Crippen molar-refractivity contribution in [1.29, 1.82) is 0 Å². The van der Waals surface area contributed by atoms with Crippen LogP contribution in [0.5, 0.6) is 0 Å². The van der Waals surface area contributed by atoms with Gasteiger partial charge in [0.1, 0.15) is 0 Å². The Hall–Kier alpha value is -1.90. The number of likely N-dealkylation sites (tertiary alicyclic amines) is 1. The maximum atomic E-state index is 4.41. The lowest BCUT2D eigenvalue weighted by molar-refractivity contribution is 0.175. The number of aromatic nitrogens is 2. The first kappa shape index (κ1) is 23.8. The minimum absolute atomic E-state index is 0.489. The zero-order chi connectivity index (χ0) is 23.3. The highest BCUT2D eigenvalue weighted by Crippen LogP contribution is 2.28. The molecule has 0 spiro atoms. The number of thiazole rings is 2. The SMILES string of the molecule is C[C@@H](c1ccc2scnc2c1)N1CCCCC1.C[C@H](c1ccc2scnc2c1)N1CCNCC1. The largest absolute Gasteiger partial charge is 0.314 e. The summed E-state index contributed by atoms with van der Waals surface area (Å²) in [5.74, 6) is 0. The average Bonchev–Trinajstić information content (AvgIpc) is 3.58. The Morgan fingerprint density at radius 2 is 1.21 bits per heavy atom. The fourth-order valence-electron chi connectivity index (χ4n) is 5.07. The minimum atomic E-state index is 0.489. The van der Waals surface area contributed by atoms with E-state index in [4.69, 9.17) is 0 Å². The summed E-state index contributed by atoms with van der Waals surface area (Å²) in [6.45, 7) is 11.6. The Morgan fingerprint density at radius 1 is 0.706 bits per heavy atom. The van der Waals surface area contributed by atoms with Crippen molar-refractivity contribution < 1.29 is 0 Å². The zero-order valence-electron chi connectivity index (χ0n) is 20.2. The first-order valence-corrected chi connectivity index (χ1v) is 14.3. The third-order valence-electron chi connectivity index (χ3n) is 7.31. The standard InChI is InChI=1S/C14H18N2S.C13H17N3S/c1-11(16-7-3-2-4-8-16)12-5-6-14-13(9-12)15-10-17-14;1-10(16-6-4-14-5-7-16)11-2-3-13-12(8-11)15-9-17-13/h5-6,9-11H,2-4,7-8H2,1H3;2-3,8-10,14H,4-7H2,1H3/t11-;10-/m01/s1. The fourth-order valence-corrected chi connectivity index (χ4v) is 6.38. The van der Waals surface area contributed by atoms with E-state index >= 15 is 0 Å². The third kappa shape index (κ3) is 5.50. The molecule has 4 aromatic rings. The second kappa shape index (κ2) is 11.2. The second-order valence-electron chi connectivity index (χ2n) is 9.39. The van der Waals surface area contributed by atoms with Crippen LogP contribution in [0.1, 0.15) is 56.3 Å². The van der Waals surface area contributed by atoms with Crippen molar-refractivity contribution in [2.75, 3.05) is 39.3 Å².